The fraction of sp³-hybridized carbons (Fsp3) is 0.833. The molecule has 2 fully saturated rings. The zero-order chi connectivity index (χ0) is 13.1. The second kappa shape index (κ2) is 5.67. The van der Waals surface area contributed by atoms with Crippen molar-refractivity contribution in [2.75, 3.05) is 26.7 Å². The van der Waals surface area contributed by atoms with Crippen LogP contribution in [0.5, 0.6) is 0 Å². The molecule has 2 aliphatic rings. The monoisotopic (exact) mass is 254 g/mol. The molecule has 0 aromatic carbocycles. The molecule has 3 N–H and O–H groups in total. The summed E-state index contributed by atoms with van der Waals surface area (Å²) in [7, 11) is 2.11. The number of rotatable bonds is 2. The van der Waals surface area contributed by atoms with E-state index in [1.807, 2.05) is 0 Å². The summed E-state index contributed by atoms with van der Waals surface area (Å²) in [6.07, 6.45) is 1.98. The van der Waals surface area contributed by atoms with Crippen molar-refractivity contribution in [2.45, 2.75) is 37.9 Å². The Morgan fingerprint density at radius 2 is 2.28 bits per heavy atom. The number of carbonyl (C=O) groups excluding carboxylic acids is 2. The quantitative estimate of drug-likeness (QED) is 0.571. The number of hydrogen-bond donors (Lipinski definition) is 3. The summed E-state index contributed by atoms with van der Waals surface area (Å²) in [6.45, 7) is 3.80. The smallest absolute Gasteiger partial charge is 0.239 e. The maximum atomic E-state index is 12.0. The lowest BCUT2D eigenvalue weighted by Gasteiger charge is -2.36. The number of hydrogen-bond acceptors (Lipinski definition) is 4. The molecule has 0 spiro atoms. The second-order valence-corrected chi connectivity index (χ2v) is 5.30. The van der Waals surface area contributed by atoms with Gasteiger partial charge in [-0.05, 0) is 26.8 Å². The molecule has 0 saturated carbocycles. The van der Waals surface area contributed by atoms with Gasteiger partial charge < -0.3 is 15.5 Å². The maximum Gasteiger partial charge on any atom is 0.239 e. The highest BCUT2D eigenvalue weighted by atomic mass is 16.2. The van der Waals surface area contributed by atoms with Crippen LogP contribution in [-0.4, -0.2) is 61.5 Å². The molecule has 3 atom stereocenters. The van der Waals surface area contributed by atoms with E-state index in [9.17, 15) is 9.59 Å². The summed E-state index contributed by atoms with van der Waals surface area (Å²) in [5.41, 5.74) is 0. The molecule has 0 radical (unpaired) electrons. The van der Waals surface area contributed by atoms with E-state index in [4.69, 9.17) is 0 Å². The van der Waals surface area contributed by atoms with E-state index in [0.29, 0.717) is 12.6 Å². The summed E-state index contributed by atoms with van der Waals surface area (Å²) in [5, 5.41) is 8.71. The van der Waals surface area contributed by atoms with E-state index in [1.165, 1.54) is 0 Å². The Bertz CT molecular complexity index is 324. The van der Waals surface area contributed by atoms with Crippen molar-refractivity contribution in [1.82, 2.24) is 20.9 Å². The number of amides is 2. The van der Waals surface area contributed by atoms with Gasteiger partial charge in [0.25, 0.3) is 0 Å². The van der Waals surface area contributed by atoms with Crippen LogP contribution in [0.2, 0.25) is 0 Å². The number of piperidine rings is 1. The molecule has 102 valence electrons. The van der Waals surface area contributed by atoms with Gasteiger partial charge in [-0.15, -0.1) is 0 Å². The van der Waals surface area contributed by atoms with Crippen LogP contribution < -0.4 is 16.0 Å². The first-order valence-electron chi connectivity index (χ1n) is 6.57. The highest BCUT2D eigenvalue weighted by molar-refractivity contribution is 5.86. The molecule has 0 bridgehead atoms. The molecule has 2 aliphatic heterocycles. The Balaban J connectivity index is 1.79. The molecule has 6 nitrogen and oxygen atoms in total. The Hall–Kier alpha value is -1.14. The highest BCUT2D eigenvalue weighted by Crippen LogP contribution is 2.15. The first-order valence-corrected chi connectivity index (χ1v) is 6.57. The van der Waals surface area contributed by atoms with Crippen LogP contribution in [0.3, 0.4) is 0 Å². The standard InChI is InChI=1S/C12H22N4O2/c1-8-5-9(3-4-16(8)2)15-12(18)10-6-14-11(17)7-13-10/h8-10,13H,3-7H2,1-2H3,(H,14,17)(H,15,18). The fourth-order valence-electron chi connectivity index (χ4n) is 2.47. The Morgan fingerprint density at radius 3 is 2.89 bits per heavy atom. The maximum absolute atomic E-state index is 12.0. The topological polar surface area (TPSA) is 73.5 Å². The van der Waals surface area contributed by atoms with Gasteiger partial charge in [-0.3, -0.25) is 14.9 Å². The van der Waals surface area contributed by atoms with Crippen LogP contribution in [0.15, 0.2) is 0 Å². The third-order valence-corrected chi connectivity index (χ3v) is 3.88. The van der Waals surface area contributed by atoms with Crippen LogP contribution in [0, 0.1) is 0 Å². The lowest BCUT2D eigenvalue weighted by molar-refractivity contribution is -0.127. The summed E-state index contributed by atoms with van der Waals surface area (Å²) in [5.74, 6) is -0.0521. The largest absolute Gasteiger partial charge is 0.353 e. The highest BCUT2D eigenvalue weighted by Gasteiger charge is 2.28. The van der Waals surface area contributed by atoms with E-state index in [-0.39, 0.29) is 30.4 Å². The van der Waals surface area contributed by atoms with Gasteiger partial charge in [0.15, 0.2) is 0 Å². The van der Waals surface area contributed by atoms with Crippen LogP contribution in [0.4, 0.5) is 0 Å². The summed E-state index contributed by atoms with van der Waals surface area (Å²) >= 11 is 0. The molecule has 0 aromatic heterocycles. The van der Waals surface area contributed by atoms with Gasteiger partial charge >= 0.3 is 0 Å². The van der Waals surface area contributed by atoms with Crippen molar-refractivity contribution >= 4 is 11.8 Å². The molecule has 0 aromatic rings. The molecule has 2 saturated heterocycles. The van der Waals surface area contributed by atoms with Crippen LogP contribution in [0.25, 0.3) is 0 Å². The molecule has 0 aliphatic carbocycles. The minimum Gasteiger partial charge on any atom is -0.353 e. The zero-order valence-corrected chi connectivity index (χ0v) is 11.0. The second-order valence-electron chi connectivity index (χ2n) is 5.30. The number of likely N-dealkylation sites (tertiary alicyclic amines) is 1. The predicted molar refractivity (Wildman–Crippen MR) is 68.1 cm³/mol. The van der Waals surface area contributed by atoms with E-state index < -0.39 is 0 Å². The first-order chi connectivity index (χ1) is 8.56. The van der Waals surface area contributed by atoms with Crippen molar-refractivity contribution in [3.05, 3.63) is 0 Å². The van der Waals surface area contributed by atoms with E-state index >= 15 is 0 Å². The first kappa shape index (κ1) is 13.3. The van der Waals surface area contributed by atoms with Gasteiger partial charge in [0.2, 0.25) is 11.8 Å². The van der Waals surface area contributed by atoms with Gasteiger partial charge in [-0.1, -0.05) is 0 Å². The fourth-order valence-corrected chi connectivity index (χ4v) is 2.47. The van der Waals surface area contributed by atoms with Gasteiger partial charge in [0.05, 0.1) is 6.54 Å². The van der Waals surface area contributed by atoms with Gasteiger partial charge in [0.1, 0.15) is 6.04 Å². The SMILES string of the molecule is CC1CC(NC(=O)C2CNC(=O)CN2)CCN1C. The number of nitrogens with zero attached hydrogens (tertiary/aromatic N) is 1. The summed E-state index contributed by atoms with van der Waals surface area (Å²) < 4.78 is 0. The van der Waals surface area contributed by atoms with Crippen molar-refractivity contribution < 1.29 is 9.59 Å². The minimum absolute atomic E-state index is 0.00301. The van der Waals surface area contributed by atoms with Gasteiger partial charge in [-0.2, -0.15) is 0 Å². The third-order valence-electron chi connectivity index (χ3n) is 3.88. The Morgan fingerprint density at radius 1 is 1.50 bits per heavy atom. The Kier molecular flexibility index (Phi) is 4.19. The lowest BCUT2D eigenvalue weighted by atomic mass is 9.98. The average Bonchev–Trinajstić information content (AvgIpc) is 2.34. The molecule has 2 rings (SSSR count). The van der Waals surface area contributed by atoms with Crippen molar-refractivity contribution in [3.8, 4) is 0 Å². The number of nitrogens with one attached hydrogen (secondary N) is 3. The molecule has 3 unspecified atom stereocenters. The van der Waals surface area contributed by atoms with Crippen LogP contribution in [-0.2, 0) is 9.59 Å². The minimum atomic E-state index is -0.294. The number of piperazine rings is 1. The average molecular weight is 254 g/mol. The number of carbonyl (C=O) groups is 2. The summed E-state index contributed by atoms with van der Waals surface area (Å²) in [4.78, 5) is 25.3. The molecule has 18 heavy (non-hydrogen) atoms. The van der Waals surface area contributed by atoms with Crippen LogP contribution >= 0.6 is 0 Å². The molecule has 2 amide bonds. The normalized spacial score (nSPS) is 33.9. The van der Waals surface area contributed by atoms with E-state index in [2.05, 4.69) is 34.8 Å². The molecule has 6 heteroatoms. The Labute approximate surface area is 107 Å². The molecular formula is C12H22N4O2. The summed E-state index contributed by atoms with van der Waals surface area (Å²) in [6, 6.07) is 0.462. The van der Waals surface area contributed by atoms with E-state index in [0.717, 1.165) is 19.4 Å². The van der Waals surface area contributed by atoms with Gasteiger partial charge in [0, 0.05) is 25.2 Å². The molecular weight excluding hydrogens is 232 g/mol. The van der Waals surface area contributed by atoms with Gasteiger partial charge in [-0.25, -0.2) is 0 Å². The van der Waals surface area contributed by atoms with Crippen molar-refractivity contribution in [2.24, 2.45) is 0 Å². The van der Waals surface area contributed by atoms with Crippen molar-refractivity contribution in [1.29, 1.82) is 0 Å². The van der Waals surface area contributed by atoms with Crippen LogP contribution in [0.1, 0.15) is 19.8 Å². The third kappa shape index (κ3) is 3.20. The van der Waals surface area contributed by atoms with E-state index in [1.54, 1.807) is 0 Å². The zero-order valence-electron chi connectivity index (χ0n) is 11.0. The molecule has 2 heterocycles. The predicted octanol–water partition coefficient (Wildman–Crippen LogP) is -1.33. The lowest BCUT2D eigenvalue weighted by Crippen LogP contribution is -2.60. The van der Waals surface area contributed by atoms with Crippen molar-refractivity contribution in [3.63, 3.8) is 0 Å².